The Kier molecular flexibility index (Phi) is 10.2. The molecule has 3 aromatic carbocycles. The highest BCUT2D eigenvalue weighted by molar-refractivity contribution is 8.18. The van der Waals surface area contributed by atoms with E-state index < -0.39 is 29.6 Å². The first-order chi connectivity index (χ1) is 20.5. The molecule has 2 N–H and O–H groups in total. The highest BCUT2D eigenvalue weighted by Crippen LogP contribution is 2.32. The lowest BCUT2D eigenvalue weighted by atomic mass is 10.0. The van der Waals surface area contributed by atoms with Crippen LogP contribution in [-0.4, -0.2) is 54.1 Å². The van der Waals surface area contributed by atoms with Gasteiger partial charge in [0, 0.05) is 11.4 Å². The minimum Gasteiger partial charge on any atom is -0.484 e. The number of anilines is 2. The molecular formula is C31H28ClN3O7S. The van der Waals surface area contributed by atoms with Crippen molar-refractivity contribution >= 4 is 69.7 Å². The van der Waals surface area contributed by atoms with Crippen molar-refractivity contribution in [2.45, 2.75) is 19.8 Å². The molecule has 0 aromatic heterocycles. The second-order valence-electron chi connectivity index (χ2n) is 9.65. The number of hydrogen-bond acceptors (Lipinski definition) is 8. The molecule has 0 aliphatic carbocycles. The predicted octanol–water partition coefficient (Wildman–Crippen LogP) is 5.94. The average Bonchev–Trinajstić information content (AvgIpc) is 3.24. The first-order valence-electron chi connectivity index (χ1n) is 13.1. The Balaban J connectivity index is 1.32. The summed E-state index contributed by atoms with van der Waals surface area (Å²) in [5.74, 6) is -1.53. The number of methoxy groups -OCH3 is 1. The van der Waals surface area contributed by atoms with Crippen molar-refractivity contribution in [1.82, 2.24) is 4.90 Å². The van der Waals surface area contributed by atoms with Gasteiger partial charge in [-0.2, -0.15) is 0 Å². The second kappa shape index (κ2) is 14.0. The Bertz CT molecular complexity index is 1610. The van der Waals surface area contributed by atoms with Crippen molar-refractivity contribution in [2.75, 3.05) is 30.9 Å². The van der Waals surface area contributed by atoms with E-state index in [1.807, 2.05) is 38.1 Å². The lowest BCUT2D eigenvalue weighted by molar-refractivity contribution is -0.127. The molecule has 0 saturated carbocycles. The number of thioether (sulfide) groups is 1. The molecule has 222 valence electrons. The fourth-order valence-corrected chi connectivity index (χ4v) is 5.14. The zero-order chi connectivity index (χ0) is 31.1. The van der Waals surface area contributed by atoms with E-state index in [1.54, 1.807) is 24.3 Å². The number of hydrogen-bond donors (Lipinski definition) is 2. The number of esters is 1. The van der Waals surface area contributed by atoms with Gasteiger partial charge in [0.1, 0.15) is 12.3 Å². The minimum absolute atomic E-state index is 0.0585. The maximum Gasteiger partial charge on any atom is 0.339 e. The Morgan fingerprint density at radius 3 is 2.40 bits per heavy atom. The van der Waals surface area contributed by atoms with E-state index in [1.165, 1.54) is 31.4 Å². The molecule has 0 radical (unpaired) electrons. The number of halogens is 1. The highest BCUT2D eigenvalue weighted by atomic mass is 35.5. The topological polar surface area (TPSA) is 131 Å². The van der Waals surface area contributed by atoms with Crippen molar-refractivity contribution in [3.8, 4) is 5.75 Å². The standard InChI is InChI=1S/C31H28ClN3O7S/c1-18(2)22-6-4-5-7-25(22)34-28(37)17-42-21-11-8-19(9-12-21)14-26-29(38)35(31(40)43-26)16-27(36)33-20-10-13-24(32)23(15-20)30(39)41-3/h4-15,18H,16-17H2,1-3H3,(H,33,36)(H,34,37)/b26-14+. The Labute approximate surface area is 257 Å². The molecule has 0 unspecified atom stereocenters. The molecular weight excluding hydrogens is 594 g/mol. The Hall–Kier alpha value is -4.61. The van der Waals surface area contributed by atoms with Crippen LogP contribution in [0.1, 0.15) is 41.3 Å². The van der Waals surface area contributed by atoms with Crippen LogP contribution in [0.15, 0.2) is 71.6 Å². The Morgan fingerprint density at radius 1 is 0.977 bits per heavy atom. The van der Waals surface area contributed by atoms with Crippen LogP contribution < -0.4 is 15.4 Å². The van der Waals surface area contributed by atoms with Crippen LogP contribution in [0.3, 0.4) is 0 Å². The third-order valence-electron chi connectivity index (χ3n) is 6.24. The van der Waals surface area contributed by atoms with E-state index in [9.17, 15) is 24.0 Å². The van der Waals surface area contributed by atoms with Crippen LogP contribution in [0, 0.1) is 0 Å². The van der Waals surface area contributed by atoms with Gasteiger partial charge in [-0.05, 0) is 71.3 Å². The highest BCUT2D eigenvalue weighted by Gasteiger charge is 2.36. The summed E-state index contributed by atoms with van der Waals surface area (Å²) in [7, 11) is 1.20. The molecule has 1 aliphatic heterocycles. The second-order valence-corrected chi connectivity index (χ2v) is 11.1. The number of rotatable bonds is 10. The molecule has 1 aliphatic rings. The summed E-state index contributed by atoms with van der Waals surface area (Å²) in [6.07, 6.45) is 1.53. The number of imide groups is 1. The van der Waals surface area contributed by atoms with Gasteiger partial charge in [0.05, 0.1) is 22.6 Å². The van der Waals surface area contributed by atoms with E-state index in [0.29, 0.717) is 23.1 Å². The number of para-hydroxylation sites is 1. The molecule has 1 fully saturated rings. The van der Waals surface area contributed by atoms with Crippen molar-refractivity contribution < 1.29 is 33.4 Å². The molecule has 4 rings (SSSR count). The zero-order valence-electron chi connectivity index (χ0n) is 23.5. The predicted molar refractivity (Wildman–Crippen MR) is 165 cm³/mol. The largest absolute Gasteiger partial charge is 0.484 e. The lowest BCUT2D eigenvalue weighted by Crippen LogP contribution is -2.36. The summed E-state index contributed by atoms with van der Waals surface area (Å²) in [6.45, 7) is 3.39. The maximum atomic E-state index is 12.9. The Morgan fingerprint density at radius 2 is 1.70 bits per heavy atom. The fourth-order valence-electron chi connectivity index (χ4n) is 4.11. The van der Waals surface area contributed by atoms with Crippen LogP contribution in [-0.2, 0) is 19.1 Å². The van der Waals surface area contributed by atoms with E-state index in [0.717, 1.165) is 16.2 Å². The maximum absolute atomic E-state index is 12.9. The number of benzene rings is 3. The van der Waals surface area contributed by atoms with E-state index in [4.69, 9.17) is 16.3 Å². The number of ether oxygens (including phenoxy) is 2. The third-order valence-corrected chi connectivity index (χ3v) is 7.47. The smallest absolute Gasteiger partial charge is 0.339 e. The van der Waals surface area contributed by atoms with Gasteiger partial charge >= 0.3 is 5.97 Å². The van der Waals surface area contributed by atoms with Crippen LogP contribution >= 0.6 is 23.4 Å². The van der Waals surface area contributed by atoms with E-state index >= 15 is 0 Å². The van der Waals surface area contributed by atoms with Crippen molar-refractivity contribution in [1.29, 1.82) is 0 Å². The summed E-state index contributed by atoms with van der Waals surface area (Å²) in [6, 6.07) is 18.5. The van der Waals surface area contributed by atoms with Crippen molar-refractivity contribution in [3.63, 3.8) is 0 Å². The molecule has 43 heavy (non-hydrogen) atoms. The lowest BCUT2D eigenvalue weighted by Gasteiger charge is -2.14. The van der Waals surface area contributed by atoms with Crippen LogP contribution in [0.4, 0.5) is 16.2 Å². The number of amides is 4. The molecule has 3 aromatic rings. The van der Waals surface area contributed by atoms with Gasteiger partial charge in [0.15, 0.2) is 6.61 Å². The first kappa shape index (κ1) is 31.3. The number of carbonyl (C=O) groups is 5. The molecule has 12 heteroatoms. The van der Waals surface area contributed by atoms with Gasteiger partial charge in [-0.3, -0.25) is 24.1 Å². The quantitative estimate of drug-likeness (QED) is 0.210. The monoisotopic (exact) mass is 621 g/mol. The molecule has 0 bridgehead atoms. The van der Waals surface area contributed by atoms with Crippen LogP contribution in [0.25, 0.3) is 6.08 Å². The number of nitrogens with one attached hydrogen (secondary N) is 2. The molecule has 0 spiro atoms. The number of carbonyl (C=O) groups excluding carboxylic acids is 5. The average molecular weight is 622 g/mol. The van der Waals surface area contributed by atoms with E-state index in [2.05, 4.69) is 15.4 Å². The molecule has 10 nitrogen and oxygen atoms in total. The summed E-state index contributed by atoms with van der Waals surface area (Å²) < 4.78 is 10.3. The van der Waals surface area contributed by atoms with Gasteiger partial charge in [-0.1, -0.05) is 55.8 Å². The SMILES string of the molecule is COC(=O)c1cc(NC(=O)CN2C(=O)S/C(=C/c3ccc(OCC(=O)Nc4ccccc4C(C)C)cc3)C2=O)ccc1Cl. The fraction of sp³-hybridized carbons (Fsp3) is 0.194. The first-order valence-corrected chi connectivity index (χ1v) is 14.3. The van der Waals surface area contributed by atoms with E-state index in [-0.39, 0.29) is 39.6 Å². The summed E-state index contributed by atoms with van der Waals surface area (Å²) in [5, 5.41) is 4.97. The van der Waals surface area contributed by atoms with Crippen molar-refractivity contribution in [2.24, 2.45) is 0 Å². The zero-order valence-corrected chi connectivity index (χ0v) is 25.1. The summed E-state index contributed by atoms with van der Waals surface area (Å²) >= 11 is 6.71. The van der Waals surface area contributed by atoms with Gasteiger partial charge in [-0.25, -0.2) is 4.79 Å². The van der Waals surface area contributed by atoms with Crippen LogP contribution in [0.2, 0.25) is 5.02 Å². The number of nitrogens with zero attached hydrogens (tertiary/aromatic N) is 1. The molecule has 1 saturated heterocycles. The minimum atomic E-state index is -0.675. The normalized spacial score (nSPS) is 13.8. The van der Waals surface area contributed by atoms with Gasteiger partial charge in [0.25, 0.3) is 17.1 Å². The summed E-state index contributed by atoms with van der Waals surface area (Å²) in [4.78, 5) is 63.2. The molecule has 4 amide bonds. The summed E-state index contributed by atoms with van der Waals surface area (Å²) in [5.41, 5.74) is 2.70. The van der Waals surface area contributed by atoms with Crippen molar-refractivity contribution in [3.05, 3.63) is 93.3 Å². The molecule has 1 heterocycles. The van der Waals surface area contributed by atoms with Gasteiger partial charge < -0.3 is 20.1 Å². The van der Waals surface area contributed by atoms with Gasteiger partial charge in [0.2, 0.25) is 5.91 Å². The molecule has 0 atom stereocenters. The van der Waals surface area contributed by atoms with Crippen LogP contribution in [0.5, 0.6) is 5.75 Å². The third kappa shape index (κ3) is 8.02. The van der Waals surface area contributed by atoms with Gasteiger partial charge in [-0.15, -0.1) is 0 Å².